The Bertz CT molecular complexity index is 869. The molecular weight excluding hydrogens is 366 g/mol. The first-order chi connectivity index (χ1) is 12.9. The number of halogens is 2. The number of primary amides is 1. The molecule has 1 amide bonds. The number of oxazole rings is 1. The molecule has 1 aliphatic rings. The van der Waals surface area contributed by atoms with Gasteiger partial charge in [-0.2, -0.15) is 0 Å². The number of carbonyl (C=O) groups is 2. The summed E-state index contributed by atoms with van der Waals surface area (Å²) in [6.45, 7) is -0.363. The first-order valence-corrected chi connectivity index (χ1v) is 8.07. The number of cyclic esters (lactones) is 1. The predicted molar refractivity (Wildman–Crippen MR) is 84.8 cm³/mol. The van der Waals surface area contributed by atoms with Crippen molar-refractivity contribution in [3.05, 3.63) is 47.2 Å². The fraction of sp³-hybridized carbons (Fsp3) is 0.353. The molecule has 2 unspecified atom stereocenters. The Kier molecular flexibility index (Phi) is 5.36. The fourth-order valence-corrected chi connectivity index (χ4v) is 2.74. The van der Waals surface area contributed by atoms with Crippen molar-refractivity contribution in [3.8, 4) is 5.75 Å². The van der Waals surface area contributed by atoms with Gasteiger partial charge in [-0.3, -0.25) is 9.59 Å². The Morgan fingerprint density at radius 1 is 1.44 bits per heavy atom. The number of rotatable bonds is 6. The van der Waals surface area contributed by atoms with Gasteiger partial charge in [-0.25, -0.2) is 13.8 Å². The maximum Gasteiger partial charge on any atom is 0.306 e. The molecule has 1 aromatic heterocycles. The number of carbonyl (C=O) groups excluding carboxylic acids is 2. The van der Waals surface area contributed by atoms with E-state index in [4.69, 9.17) is 19.6 Å². The van der Waals surface area contributed by atoms with Gasteiger partial charge >= 0.3 is 5.97 Å². The van der Waals surface area contributed by atoms with Crippen LogP contribution in [0.1, 0.15) is 46.8 Å². The monoisotopic (exact) mass is 382 g/mol. The van der Waals surface area contributed by atoms with Crippen LogP contribution in [-0.2, 0) is 9.53 Å². The molecule has 2 aromatic rings. The second-order valence-corrected chi connectivity index (χ2v) is 5.91. The van der Waals surface area contributed by atoms with E-state index in [1.807, 2.05) is 0 Å². The number of nitrogens with two attached hydrogens (primary N) is 1. The van der Waals surface area contributed by atoms with Crippen LogP contribution in [0.15, 0.2) is 22.8 Å². The van der Waals surface area contributed by atoms with E-state index < -0.39 is 41.6 Å². The Labute approximate surface area is 151 Å². The van der Waals surface area contributed by atoms with Crippen LogP contribution in [0.2, 0.25) is 0 Å². The molecule has 3 N–H and O–H groups in total. The molecule has 27 heavy (non-hydrogen) atoms. The van der Waals surface area contributed by atoms with E-state index in [0.29, 0.717) is 12.1 Å². The summed E-state index contributed by atoms with van der Waals surface area (Å²) < 4.78 is 43.3. The van der Waals surface area contributed by atoms with Crippen LogP contribution in [0, 0.1) is 11.6 Å². The zero-order chi connectivity index (χ0) is 19.6. The third-order valence-corrected chi connectivity index (χ3v) is 4.11. The minimum Gasteiger partial charge on any atom is -0.475 e. The smallest absolute Gasteiger partial charge is 0.306 e. The molecule has 1 saturated heterocycles. The number of amides is 1. The van der Waals surface area contributed by atoms with Gasteiger partial charge in [0.1, 0.15) is 17.6 Å². The third kappa shape index (κ3) is 3.90. The zero-order valence-electron chi connectivity index (χ0n) is 14.0. The lowest BCUT2D eigenvalue weighted by Gasteiger charge is -2.19. The van der Waals surface area contributed by atoms with Gasteiger partial charge in [0, 0.05) is 5.92 Å². The summed E-state index contributed by atoms with van der Waals surface area (Å²) in [5.74, 6) is -4.82. The minimum atomic E-state index is -1.29. The number of hydrogen-bond acceptors (Lipinski definition) is 7. The van der Waals surface area contributed by atoms with Crippen LogP contribution in [0.3, 0.4) is 0 Å². The van der Waals surface area contributed by atoms with Gasteiger partial charge in [-0.1, -0.05) is 0 Å². The highest BCUT2D eigenvalue weighted by Gasteiger charge is 2.28. The van der Waals surface area contributed by atoms with Crippen molar-refractivity contribution in [3.63, 3.8) is 0 Å². The van der Waals surface area contributed by atoms with Crippen molar-refractivity contribution in [2.24, 2.45) is 5.73 Å². The topological polar surface area (TPSA) is 125 Å². The Morgan fingerprint density at radius 3 is 2.89 bits per heavy atom. The van der Waals surface area contributed by atoms with E-state index in [2.05, 4.69) is 4.98 Å². The lowest BCUT2D eigenvalue weighted by atomic mass is 9.97. The van der Waals surface area contributed by atoms with Crippen molar-refractivity contribution < 1.29 is 37.4 Å². The van der Waals surface area contributed by atoms with Gasteiger partial charge in [0.15, 0.2) is 17.7 Å². The Hall–Kier alpha value is -3.01. The molecule has 2 atom stereocenters. The molecule has 1 fully saturated rings. The number of aromatic nitrogens is 1. The number of nitrogens with zero attached hydrogens (tertiary/aromatic N) is 1. The van der Waals surface area contributed by atoms with Gasteiger partial charge < -0.3 is 24.7 Å². The highest BCUT2D eigenvalue weighted by molar-refractivity contribution is 5.93. The van der Waals surface area contributed by atoms with Crippen molar-refractivity contribution in [1.29, 1.82) is 0 Å². The maximum absolute atomic E-state index is 14.3. The Morgan fingerprint density at radius 2 is 2.22 bits per heavy atom. The lowest BCUT2D eigenvalue weighted by Crippen LogP contribution is -2.20. The number of ether oxygens (including phenoxy) is 2. The van der Waals surface area contributed by atoms with Gasteiger partial charge in [-0.15, -0.1) is 0 Å². The fourth-order valence-electron chi connectivity index (χ4n) is 2.74. The van der Waals surface area contributed by atoms with Crippen LogP contribution in [0.4, 0.5) is 8.78 Å². The first-order valence-electron chi connectivity index (χ1n) is 8.07. The van der Waals surface area contributed by atoms with E-state index >= 15 is 0 Å². The van der Waals surface area contributed by atoms with Crippen molar-refractivity contribution >= 4 is 11.9 Å². The van der Waals surface area contributed by atoms with E-state index in [-0.39, 0.29) is 30.8 Å². The highest BCUT2D eigenvalue weighted by Crippen LogP contribution is 2.31. The molecule has 144 valence electrons. The van der Waals surface area contributed by atoms with Crippen molar-refractivity contribution in [2.45, 2.75) is 24.9 Å². The van der Waals surface area contributed by atoms with Crippen LogP contribution in [0.5, 0.6) is 5.75 Å². The molecule has 0 spiro atoms. The summed E-state index contributed by atoms with van der Waals surface area (Å²) in [4.78, 5) is 26.8. The number of aliphatic hydroxyl groups is 1. The molecule has 0 saturated carbocycles. The molecule has 8 nitrogen and oxygen atoms in total. The largest absolute Gasteiger partial charge is 0.475 e. The quantitative estimate of drug-likeness (QED) is 0.727. The summed E-state index contributed by atoms with van der Waals surface area (Å²) in [5, 5.41) is 9.54. The molecule has 10 heteroatoms. The molecule has 2 heterocycles. The summed E-state index contributed by atoms with van der Waals surface area (Å²) in [7, 11) is 0. The Balaban J connectivity index is 1.81. The van der Waals surface area contributed by atoms with Crippen molar-refractivity contribution in [2.75, 3.05) is 13.2 Å². The average molecular weight is 382 g/mol. The van der Waals surface area contributed by atoms with Gasteiger partial charge in [0.25, 0.3) is 5.91 Å². The van der Waals surface area contributed by atoms with E-state index in [1.165, 1.54) is 6.26 Å². The SMILES string of the molecule is NC(=O)c1c(F)ccc(OC(CO)c2nc(C3CCOC(=O)C3)co2)c1F. The lowest BCUT2D eigenvalue weighted by molar-refractivity contribution is -0.147. The molecule has 0 radical (unpaired) electrons. The van der Waals surface area contributed by atoms with Crippen LogP contribution in [-0.4, -0.2) is 35.2 Å². The summed E-state index contributed by atoms with van der Waals surface area (Å²) in [5.41, 5.74) is 4.49. The summed E-state index contributed by atoms with van der Waals surface area (Å²) in [6, 6.07) is 1.78. The van der Waals surface area contributed by atoms with Crippen LogP contribution >= 0.6 is 0 Å². The van der Waals surface area contributed by atoms with Gasteiger partial charge in [0.2, 0.25) is 5.89 Å². The number of hydrogen-bond donors (Lipinski definition) is 2. The normalized spacial score (nSPS) is 18.0. The number of aliphatic hydroxyl groups excluding tert-OH is 1. The summed E-state index contributed by atoms with van der Waals surface area (Å²) >= 11 is 0. The standard InChI is InChI=1S/C17H16F2N2O6/c18-9-1-2-11(15(19)14(9)16(20)24)27-12(6-22)17-21-10(7-26-17)8-3-4-25-13(23)5-8/h1-2,7-8,12,22H,3-6H2,(H2,20,24). The molecule has 3 rings (SSSR count). The van der Waals surface area contributed by atoms with E-state index in [0.717, 1.165) is 12.1 Å². The zero-order valence-corrected chi connectivity index (χ0v) is 14.0. The van der Waals surface area contributed by atoms with Crippen LogP contribution < -0.4 is 10.5 Å². The molecular formula is C17H16F2N2O6. The first kappa shape index (κ1) is 18.8. The molecule has 0 aliphatic carbocycles. The van der Waals surface area contributed by atoms with Gasteiger partial charge in [0.05, 0.1) is 25.3 Å². The third-order valence-electron chi connectivity index (χ3n) is 4.11. The van der Waals surface area contributed by atoms with Crippen molar-refractivity contribution in [1.82, 2.24) is 4.98 Å². The number of esters is 1. The van der Waals surface area contributed by atoms with E-state index in [1.54, 1.807) is 0 Å². The van der Waals surface area contributed by atoms with E-state index in [9.17, 15) is 23.5 Å². The summed E-state index contributed by atoms with van der Waals surface area (Å²) in [6.07, 6.45) is 0.817. The molecule has 0 bridgehead atoms. The average Bonchev–Trinajstić information content (AvgIpc) is 3.11. The minimum absolute atomic E-state index is 0.0595. The highest BCUT2D eigenvalue weighted by atomic mass is 19.1. The molecule has 1 aliphatic heterocycles. The number of benzene rings is 1. The second kappa shape index (κ2) is 7.70. The predicted octanol–water partition coefficient (Wildman–Crippen LogP) is 1.58. The molecule has 1 aromatic carbocycles. The van der Waals surface area contributed by atoms with Crippen LogP contribution in [0.25, 0.3) is 0 Å². The second-order valence-electron chi connectivity index (χ2n) is 5.91. The maximum atomic E-state index is 14.3. The van der Waals surface area contributed by atoms with Gasteiger partial charge in [-0.05, 0) is 18.6 Å².